The van der Waals surface area contributed by atoms with Gasteiger partial charge in [-0.05, 0) is 38.3 Å². The largest absolute Gasteiger partial charge is 0.372 e. The summed E-state index contributed by atoms with van der Waals surface area (Å²) in [6, 6.07) is 8.21. The third kappa shape index (κ3) is 4.60. The minimum atomic E-state index is 0.100. The molecule has 6 heteroatoms. The van der Waals surface area contributed by atoms with Crippen molar-refractivity contribution in [2.24, 2.45) is 5.92 Å². The Morgan fingerprint density at radius 2 is 1.96 bits per heavy atom. The third-order valence-electron chi connectivity index (χ3n) is 4.65. The predicted octanol–water partition coefficient (Wildman–Crippen LogP) is 3.81. The highest BCUT2D eigenvalue weighted by Crippen LogP contribution is 2.26. The van der Waals surface area contributed by atoms with E-state index in [0.717, 1.165) is 29.2 Å². The van der Waals surface area contributed by atoms with Crippen LogP contribution in [0.25, 0.3) is 11.0 Å². The maximum absolute atomic E-state index is 12.7. The number of aryl methyl sites for hydroxylation is 1. The number of fused-ring (bicyclic) bond motifs is 1. The van der Waals surface area contributed by atoms with Gasteiger partial charge in [0.05, 0.1) is 29.0 Å². The van der Waals surface area contributed by atoms with Crippen molar-refractivity contribution in [3.05, 3.63) is 24.3 Å². The van der Waals surface area contributed by atoms with Crippen LogP contribution in [-0.4, -0.2) is 51.4 Å². The fraction of sp³-hybridized carbons (Fsp3) is 0.600. The number of carbonyl (C=O) groups excluding carboxylic acids is 1. The molecule has 2 atom stereocenters. The van der Waals surface area contributed by atoms with Gasteiger partial charge in [0, 0.05) is 19.6 Å². The molecule has 1 aliphatic heterocycles. The van der Waals surface area contributed by atoms with Crippen LogP contribution >= 0.6 is 11.8 Å². The van der Waals surface area contributed by atoms with Gasteiger partial charge in [0.1, 0.15) is 0 Å². The number of carbonyl (C=O) groups is 1. The number of para-hydroxylation sites is 2. The quantitative estimate of drug-likeness (QED) is 0.721. The Morgan fingerprint density at radius 1 is 1.27 bits per heavy atom. The standard InChI is InChI=1S/C20H29N3O2S/c1-14(2)9-10-23-18-8-6-5-7-17(18)21-20(23)26-13-19(24)22-11-15(3)25-16(4)12-22/h5-8,14-16H,9-13H2,1-4H3. The fourth-order valence-electron chi connectivity index (χ4n) is 3.37. The monoisotopic (exact) mass is 375 g/mol. The minimum absolute atomic E-state index is 0.100. The summed E-state index contributed by atoms with van der Waals surface area (Å²) in [4.78, 5) is 19.4. The molecule has 2 heterocycles. The summed E-state index contributed by atoms with van der Waals surface area (Å²) in [5.41, 5.74) is 2.15. The molecule has 0 aliphatic carbocycles. The number of rotatable bonds is 6. The Kier molecular flexibility index (Phi) is 6.24. The first kappa shape index (κ1) is 19.2. The Hall–Kier alpha value is -1.53. The molecule has 0 N–H and O–H groups in total. The van der Waals surface area contributed by atoms with Gasteiger partial charge < -0.3 is 14.2 Å². The number of benzene rings is 1. The Labute approximate surface area is 160 Å². The molecule has 0 spiro atoms. The first-order chi connectivity index (χ1) is 12.4. The topological polar surface area (TPSA) is 47.4 Å². The second-order valence-corrected chi connectivity index (χ2v) is 8.50. The lowest BCUT2D eigenvalue weighted by atomic mass is 10.1. The van der Waals surface area contributed by atoms with Crippen LogP contribution in [0.4, 0.5) is 0 Å². The SMILES string of the molecule is CC(C)CCn1c(SCC(=O)N2CC(C)OC(C)C2)nc2ccccc21. The van der Waals surface area contributed by atoms with Gasteiger partial charge in [0.15, 0.2) is 5.16 Å². The van der Waals surface area contributed by atoms with Gasteiger partial charge in [0.25, 0.3) is 0 Å². The third-order valence-corrected chi connectivity index (χ3v) is 5.61. The van der Waals surface area contributed by atoms with Crippen molar-refractivity contribution in [1.29, 1.82) is 0 Å². The summed E-state index contributed by atoms with van der Waals surface area (Å²) >= 11 is 1.55. The lowest BCUT2D eigenvalue weighted by Crippen LogP contribution is -2.48. The van der Waals surface area contributed by atoms with Crippen molar-refractivity contribution in [3.8, 4) is 0 Å². The number of hydrogen-bond donors (Lipinski definition) is 0. The lowest BCUT2D eigenvalue weighted by Gasteiger charge is -2.35. The van der Waals surface area contributed by atoms with Crippen molar-refractivity contribution in [2.45, 2.75) is 58.0 Å². The number of morpholine rings is 1. The van der Waals surface area contributed by atoms with E-state index in [9.17, 15) is 4.79 Å². The molecule has 0 radical (unpaired) electrons. The van der Waals surface area contributed by atoms with Gasteiger partial charge in [0.2, 0.25) is 5.91 Å². The minimum Gasteiger partial charge on any atom is -0.372 e. The number of amides is 1. The molecule has 0 bridgehead atoms. The van der Waals surface area contributed by atoms with Gasteiger partial charge in [-0.1, -0.05) is 37.7 Å². The van der Waals surface area contributed by atoms with E-state index in [2.05, 4.69) is 24.5 Å². The van der Waals surface area contributed by atoms with E-state index in [0.29, 0.717) is 24.8 Å². The first-order valence-corrected chi connectivity index (χ1v) is 10.4. The summed E-state index contributed by atoms with van der Waals surface area (Å²) in [7, 11) is 0. The highest BCUT2D eigenvalue weighted by atomic mass is 32.2. The predicted molar refractivity (Wildman–Crippen MR) is 107 cm³/mol. The number of thioether (sulfide) groups is 1. The molecule has 1 amide bonds. The molecule has 1 aromatic carbocycles. The molecule has 1 fully saturated rings. The van der Waals surface area contributed by atoms with E-state index in [1.807, 2.05) is 36.9 Å². The Morgan fingerprint density at radius 3 is 2.65 bits per heavy atom. The second-order valence-electron chi connectivity index (χ2n) is 7.56. The molecule has 2 unspecified atom stereocenters. The summed E-state index contributed by atoms with van der Waals surface area (Å²) in [6.45, 7) is 10.8. The molecule has 2 aromatic rings. The molecule has 1 aromatic heterocycles. The van der Waals surface area contributed by atoms with Crippen molar-refractivity contribution in [2.75, 3.05) is 18.8 Å². The van der Waals surface area contributed by atoms with Crippen molar-refractivity contribution in [1.82, 2.24) is 14.5 Å². The molecule has 26 heavy (non-hydrogen) atoms. The van der Waals surface area contributed by atoms with Crippen LogP contribution in [0.15, 0.2) is 29.4 Å². The van der Waals surface area contributed by atoms with E-state index in [1.54, 1.807) is 11.8 Å². The summed E-state index contributed by atoms with van der Waals surface area (Å²) in [6.07, 6.45) is 1.30. The van der Waals surface area contributed by atoms with Crippen LogP contribution in [0.3, 0.4) is 0 Å². The number of ether oxygens (including phenoxy) is 1. The Bertz CT molecular complexity index is 749. The molecule has 3 rings (SSSR count). The lowest BCUT2D eigenvalue weighted by molar-refractivity contribution is -0.140. The average Bonchev–Trinajstić information content (AvgIpc) is 2.94. The van der Waals surface area contributed by atoms with Crippen molar-refractivity contribution in [3.63, 3.8) is 0 Å². The Balaban J connectivity index is 1.71. The van der Waals surface area contributed by atoms with Crippen LogP contribution in [0.5, 0.6) is 0 Å². The van der Waals surface area contributed by atoms with E-state index in [4.69, 9.17) is 9.72 Å². The van der Waals surface area contributed by atoms with Crippen LogP contribution in [0.1, 0.15) is 34.1 Å². The smallest absolute Gasteiger partial charge is 0.233 e. The van der Waals surface area contributed by atoms with Gasteiger partial charge in [-0.25, -0.2) is 4.98 Å². The van der Waals surface area contributed by atoms with Gasteiger partial charge in [-0.3, -0.25) is 4.79 Å². The first-order valence-electron chi connectivity index (χ1n) is 9.45. The molecule has 1 saturated heterocycles. The molecular weight excluding hydrogens is 346 g/mol. The zero-order valence-corrected chi connectivity index (χ0v) is 17.0. The number of hydrogen-bond acceptors (Lipinski definition) is 4. The van der Waals surface area contributed by atoms with Crippen molar-refractivity contribution < 1.29 is 9.53 Å². The van der Waals surface area contributed by atoms with Crippen LogP contribution in [0.2, 0.25) is 0 Å². The van der Waals surface area contributed by atoms with Crippen LogP contribution in [-0.2, 0) is 16.1 Å². The van der Waals surface area contributed by atoms with Gasteiger partial charge >= 0.3 is 0 Å². The van der Waals surface area contributed by atoms with E-state index in [-0.39, 0.29) is 18.1 Å². The summed E-state index contributed by atoms with van der Waals surface area (Å²) in [5, 5.41) is 0.939. The zero-order chi connectivity index (χ0) is 18.7. The van der Waals surface area contributed by atoms with Gasteiger partial charge in [-0.2, -0.15) is 0 Å². The van der Waals surface area contributed by atoms with Crippen molar-refractivity contribution >= 4 is 28.7 Å². The molecule has 5 nitrogen and oxygen atoms in total. The fourth-order valence-corrected chi connectivity index (χ4v) is 4.31. The van der Waals surface area contributed by atoms with Gasteiger partial charge in [-0.15, -0.1) is 0 Å². The number of aromatic nitrogens is 2. The maximum Gasteiger partial charge on any atom is 0.233 e. The van der Waals surface area contributed by atoms with E-state index >= 15 is 0 Å². The molecular formula is C20H29N3O2S. The summed E-state index contributed by atoms with van der Waals surface area (Å²) < 4.78 is 7.99. The normalized spacial score (nSPS) is 20.9. The summed E-state index contributed by atoms with van der Waals surface area (Å²) in [5.74, 6) is 1.22. The second kappa shape index (κ2) is 8.44. The zero-order valence-electron chi connectivity index (χ0n) is 16.1. The number of imidazole rings is 1. The van der Waals surface area contributed by atoms with E-state index < -0.39 is 0 Å². The molecule has 0 saturated carbocycles. The van der Waals surface area contributed by atoms with Crippen LogP contribution in [0, 0.1) is 5.92 Å². The maximum atomic E-state index is 12.7. The van der Waals surface area contributed by atoms with E-state index in [1.165, 1.54) is 0 Å². The number of nitrogens with zero attached hydrogens (tertiary/aromatic N) is 3. The molecule has 1 aliphatic rings. The highest BCUT2D eigenvalue weighted by Gasteiger charge is 2.26. The average molecular weight is 376 g/mol. The van der Waals surface area contributed by atoms with Crippen LogP contribution < -0.4 is 0 Å². The highest BCUT2D eigenvalue weighted by molar-refractivity contribution is 7.99. The molecule has 142 valence electrons.